The van der Waals surface area contributed by atoms with E-state index in [1.807, 2.05) is 23.8 Å². The fraction of sp³-hybridized carbons (Fsp3) is 0.350. The van der Waals surface area contributed by atoms with Crippen molar-refractivity contribution in [2.24, 2.45) is 0 Å². The van der Waals surface area contributed by atoms with Gasteiger partial charge in [-0.2, -0.15) is 0 Å². The minimum Gasteiger partial charge on any atom is -0.336 e. The Morgan fingerprint density at radius 2 is 2.21 bits per heavy atom. The second-order valence-corrected chi connectivity index (χ2v) is 6.92. The van der Waals surface area contributed by atoms with Gasteiger partial charge in [-0.15, -0.1) is 0 Å². The maximum Gasteiger partial charge on any atom is 0.254 e. The molecule has 0 aliphatic carbocycles. The maximum atomic E-state index is 12.6. The number of imidazole rings is 1. The van der Waals surface area contributed by atoms with E-state index in [1.165, 1.54) is 0 Å². The number of carbonyl (C=O) groups is 1. The molecule has 1 amide bonds. The normalized spacial score (nSPS) is 13.4. The van der Waals surface area contributed by atoms with Crippen molar-refractivity contribution >= 4 is 5.91 Å². The Morgan fingerprint density at radius 1 is 1.32 bits per heavy atom. The Kier molecular flexibility index (Phi) is 5.01. The lowest BCUT2D eigenvalue weighted by Gasteiger charge is -2.28. The number of carbonyl (C=O) groups excluding carboxylic acids is 1. The van der Waals surface area contributed by atoms with E-state index in [0.29, 0.717) is 43.0 Å². The molecule has 3 aromatic rings. The summed E-state index contributed by atoms with van der Waals surface area (Å²) in [5.41, 5.74) is 1.96. The van der Waals surface area contributed by atoms with Gasteiger partial charge in [0, 0.05) is 55.4 Å². The lowest BCUT2D eigenvalue weighted by molar-refractivity contribution is -0.132. The van der Waals surface area contributed by atoms with Gasteiger partial charge in [0.1, 0.15) is 11.6 Å². The zero-order valence-electron chi connectivity index (χ0n) is 15.8. The number of H-pyrrole nitrogens is 1. The molecule has 0 aromatic carbocycles. The average Bonchev–Trinajstić information content (AvgIpc) is 3.13. The highest BCUT2D eigenvalue weighted by Gasteiger charge is 2.24. The van der Waals surface area contributed by atoms with Crippen LogP contribution in [0.2, 0.25) is 0 Å². The molecule has 8 heteroatoms. The highest BCUT2D eigenvalue weighted by atomic mass is 16.2. The number of aryl methyl sites for hydroxylation is 2. The summed E-state index contributed by atoms with van der Waals surface area (Å²) < 4.78 is 2.04. The smallest absolute Gasteiger partial charge is 0.254 e. The third kappa shape index (κ3) is 3.71. The molecular formula is C20H22N6O2. The number of aromatic nitrogens is 5. The van der Waals surface area contributed by atoms with Crippen LogP contribution in [-0.4, -0.2) is 41.9 Å². The molecular weight excluding hydrogens is 356 g/mol. The third-order valence-electron chi connectivity index (χ3n) is 5.07. The molecule has 0 unspecified atom stereocenters. The first kappa shape index (κ1) is 18.1. The van der Waals surface area contributed by atoms with E-state index in [2.05, 4.69) is 19.9 Å². The SMILES string of the molecule is Cc1nccn1CCCC(=O)N1CCc2c(nc(-c3cccnc3)[nH]c2=O)C1. The van der Waals surface area contributed by atoms with Crippen molar-refractivity contribution in [2.75, 3.05) is 6.54 Å². The molecule has 0 saturated carbocycles. The number of hydrogen-bond donors (Lipinski definition) is 1. The molecule has 144 valence electrons. The van der Waals surface area contributed by atoms with Crippen LogP contribution in [0.15, 0.2) is 41.7 Å². The molecule has 8 nitrogen and oxygen atoms in total. The number of fused-ring (bicyclic) bond motifs is 1. The van der Waals surface area contributed by atoms with Gasteiger partial charge in [-0.3, -0.25) is 14.6 Å². The minimum absolute atomic E-state index is 0.0911. The first-order chi connectivity index (χ1) is 13.6. The maximum absolute atomic E-state index is 12.6. The van der Waals surface area contributed by atoms with E-state index in [-0.39, 0.29) is 11.5 Å². The van der Waals surface area contributed by atoms with Crippen molar-refractivity contribution in [2.45, 2.75) is 39.3 Å². The van der Waals surface area contributed by atoms with Gasteiger partial charge < -0.3 is 14.5 Å². The predicted octanol–water partition coefficient (Wildman–Crippen LogP) is 1.70. The highest BCUT2D eigenvalue weighted by Crippen LogP contribution is 2.19. The zero-order chi connectivity index (χ0) is 19.5. The topological polar surface area (TPSA) is 96.8 Å². The summed E-state index contributed by atoms with van der Waals surface area (Å²) in [6, 6.07) is 3.65. The molecule has 4 rings (SSSR count). The molecule has 0 bridgehead atoms. The molecule has 3 aromatic heterocycles. The van der Waals surface area contributed by atoms with Crippen molar-refractivity contribution in [3.05, 3.63) is 64.4 Å². The third-order valence-corrected chi connectivity index (χ3v) is 5.07. The van der Waals surface area contributed by atoms with Crippen LogP contribution in [-0.2, 0) is 24.3 Å². The quantitative estimate of drug-likeness (QED) is 0.729. The lowest BCUT2D eigenvalue weighted by atomic mass is 10.1. The number of aromatic amines is 1. The van der Waals surface area contributed by atoms with Gasteiger partial charge in [-0.05, 0) is 31.9 Å². The molecule has 0 atom stereocenters. The molecule has 28 heavy (non-hydrogen) atoms. The Hall–Kier alpha value is -3.29. The zero-order valence-corrected chi connectivity index (χ0v) is 15.8. The summed E-state index contributed by atoms with van der Waals surface area (Å²) in [6.45, 7) is 3.64. The van der Waals surface area contributed by atoms with Gasteiger partial charge in [0.15, 0.2) is 0 Å². The van der Waals surface area contributed by atoms with Gasteiger partial charge in [0.2, 0.25) is 5.91 Å². The Morgan fingerprint density at radius 3 is 2.96 bits per heavy atom. The first-order valence-corrected chi connectivity index (χ1v) is 9.40. The van der Waals surface area contributed by atoms with Crippen molar-refractivity contribution in [1.29, 1.82) is 0 Å². The summed E-state index contributed by atoms with van der Waals surface area (Å²) in [5, 5.41) is 0. The molecule has 0 radical (unpaired) electrons. The molecule has 0 saturated heterocycles. The molecule has 0 fully saturated rings. The average molecular weight is 378 g/mol. The molecule has 1 aliphatic heterocycles. The Labute approximate surface area is 162 Å². The fourth-order valence-electron chi connectivity index (χ4n) is 3.49. The molecule has 1 N–H and O–H groups in total. The van der Waals surface area contributed by atoms with E-state index in [9.17, 15) is 9.59 Å². The molecule has 0 spiro atoms. The van der Waals surface area contributed by atoms with Crippen LogP contribution in [0.4, 0.5) is 0 Å². The van der Waals surface area contributed by atoms with Gasteiger partial charge in [-0.1, -0.05) is 0 Å². The van der Waals surface area contributed by atoms with Crippen LogP contribution < -0.4 is 5.56 Å². The van der Waals surface area contributed by atoms with Crippen LogP contribution in [0.5, 0.6) is 0 Å². The van der Waals surface area contributed by atoms with E-state index in [1.54, 1.807) is 29.6 Å². The van der Waals surface area contributed by atoms with Crippen molar-refractivity contribution in [3.63, 3.8) is 0 Å². The van der Waals surface area contributed by atoms with Crippen LogP contribution in [0.1, 0.15) is 29.9 Å². The number of amides is 1. The summed E-state index contributed by atoms with van der Waals surface area (Å²) in [6.07, 6.45) is 8.77. The van der Waals surface area contributed by atoms with Crippen molar-refractivity contribution < 1.29 is 4.79 Å². The van der Waals surface area contributed by atoms with E-state index >= 15 is 0 Å². The predicted molar refractivity (Wildman–Crippen MR) is 103 cm³/mol. The Bertz CT molecular complexity index is 1040. The van der Waals surface area contributed by atoms with Crippen LogP contribution in [0.3, 0.4) is 0 Å². The summed E-state index contributed by atoms with van der Waals surface area (Å²) in [7, 11) is 0. The number of nitrogens with one attached hydrogen (secondary N) is 1. The van der Waals surface area contributed by atoms with Crippen LogP contribution >= 0.6 is 0 Å². The molecule has 1 aliphatic rings. The van der Waals surface area contributed by atoms with E-state index in [4.69, 9.17) is 0 Å². The molecule has 4 heterocycles. The van der Waals surface area contributed by atoms with Crippen molar-refractivity contribution in [3.8, 4) is 11.4 Å². The van der Waals surface area contributed by atoms with Crippen molar-refractivity contribution in [1.82, 2.24) is 29.4 Å². The first-order valence-electron chi connectivity index (χ1n) is 9.40. The lowest BCUT2D eigenvalue weighted by Crippen LogP contribution is -2.39. The standard InChI is InChI=1S/C20H22N6O2/c1-14-22-8-11-25(14)9-3-5-18(27)26-10-6-16-17(13-26)23-19(24-20(16)28)15-4-2-7-21-12-15/h2,4,7-8,11-12H,3,5-6,9-10,13H2,1H3,(H,23,24,28). The van der Waals surface area contributed by atoms with Gasteiger partial charge >= 0.3 is 0 Å². The minimum atomic E-state index is -0.133. The summed E-state index contributed by atoms with van der Waals surface area (Å²) >= 11 is 0. The monoisotopic (exact) mass is 378 g/mol. The summed E-state index contributed by atoms with van der Waals surface area (Å²) in [4.78, 5) is 42.6. The number of hydrogen-bond acceptors (Lipinski definition) is 5. The summed E-state index contributed by atoms with van der Waals surface area (Å²) in [5.74, 6) is 1.53. The number of rotatable bonds is 5. The second-order valence-electron chi connectivity index (χ2n) is 6.92. The number of pyridine rings is 1. The van der Waals surface area contributed by atoms with Gasteiger partial charge in [0.25, 0.3) is 5.56 Å². The highest BCUT2D eigenvalue weighted by molar-refractivity contribution is 5.76. The number of nitrogens with zero attached hydrogens (tertiary/aromatic N) is 5. The van der Waals surface area contributed by atoms with Crippen LogP contribution in [0.25, 0.3) is 11.4 Å². The van der Waals surface area contributed by atoms with E-state index < -0.39 is 0 Å². The van der Waals surface area contributed by atoms with Crippen LogP contribution in [0, 0.1) is 6.92 Å². The fourth-order valence-corrected chi connectivity index (χ4v) is 3.49. The second kappa shape index (κ2) is 7.75. The largest absolute Gasteiger partial charge is 0.336 e. The van der Waals surface area contributed by atoms with E-state index in [0.717, 1.165) is 24.4 Å². The van der Waals surface area contributed by atoms with Gasteiger partial charge in [-0.25, -0.2) is 9.97 Å². The van der Waals surface area contributed by atoms with Gasteiger partial charge in [0.05, 0.1) is 12.2 Å². The Balaban J connectivity index is 1.45.